The van der Waals surface area contributed by atoms with Gasteiger partial charge < -0.3 is 29.2 Å². The maximum absolute atomic E-state index is 15.8. The van der Waals surface area contributed by atoms with Gasteiger partial charge in [-0.05, 0) is 35.4 Å². The average molecular weight is 630 g/mol. The van der Waals surface area contributed by atoms with E-state index in [1.54, 1.807) is 0 Å². The molecule has 2 N–H and O–H groups in total. The van der Waals surface area contributed by atoms with Gasteiger partial charge in [-0.25, -0.2) is 17.6 Å². The maximum atomic E-state index is 15.8. The molecule has 4 aromatic carbocycles. The number of rotatable bonds is 9. The van der Waals surface area contributed by atoms with Crippen molar-refractivity contribution in [2.24, 2.45) is 0 Å². The summed E-state index contributed by atoms with van der Waals surface area (Å²) in [6.07, 6.45) is 0. The van der Waals surface area contributed by atoms with Crippen LogP contribution < -0.4 is 18.9 Å². The SMILES string of the molecule is COc1ccc(C(O)(c2c(F)c(F)c(OC)c(F)c2F)C(O)(c2ccc(OC)cc2)c2c(F)c(F)c(OC)c(F)c2F)cc1. The molecule has 0 aliphatic heterocycles. The van der Waals surface area contributed by atoms with Crippen molar-refractivity contribution in [2.75, 3.05) is 28.4 Å². The molecule has 44 heavy (non-hydrogen) atoms. The zero-order valence-corrected chi connectivity index (χ0v) is 23.2. The standard InChI is InChI=1S/C30H22F8O6/c1-41-15-9-5-13(6-10-15)29(39,17-19(31)23(35)27(43-3)24(36)20(17)32)30(40,14-7-11-16(42-2)12-8-14)18-21(33)25(37)28(44-4)26(38)22(18)34/h5-12,39-40H,1-4H3. The van der Waals surface area contributed by atoms with E-state index in [1.807, 2.05) is 0 Å². The molecule has 0 saturated carbocycles. The van der Waals surface area contributed by atoms with Crippen molar-refractivity contribution >= 4 is 0 Å². The molecule has 0 spiro atoms. The summed E-state index contributed by atoms with van der Waals surface area (Å²) in [6.45, 7) is 0. The Bertz CT molecular complexity index is 1530. The van der Waals surface area contributed by atoms with Gasteiger partial charge in [0.1, 0.15) is 11.5 Å². The van der Waals surface area contributed by atoms with Crippen LogP contribution in [0.2, 0.25) is 0 Å². The number of benzene rings is 4. The van der Waals surface area contributed by atoms with E-state index in [-0.39, 0.29) is 11.5 Å². The van der Waals surface area contributed by atoms with Gasteiger partial charge in [-0.15, -0.1) is 0 Å². The summed E-state index contributed by atoms with van der Waals surface area (Å²) in [6, 6.07) is 7.45. The Kier molecular flexibility index (Phi) is 8.71. The van der Waals surface area contributed by atoms with Crippen molar-refractivity contribution in [3.05, 3.63) is 117 Å². The Balaban J connectivity index is 2.34. The highest BCUT2D eigenvalue weighted by Crippen LogP contribution is 2.54. The fourth-order valence-electron chi connectivity index (χ4n) is 4.95. The van der Waals surface area contributed by atoms with Gasteiger partial charge in [0.15, 0.2) is 46.0 Å². The van der Waals surface area contributed by atoms with Gasteiger partial charge in [0, 0.05) is 0 Å². The van der Waals surface area contributed by atoms with Crippen molar-refractivity contribution in [1.82, 2.24) is 0 Å². The van der Waals surface area contributed by atoms with Crippen LogP contribution in [0.25, 0.3) is 0 Å². The molecule has 2 atom stereocenters. The highest BCUT2D eigenvalue weighted by molar-refractivity contribution is 5.55. The first-order chi connectivity index (χ1) is 20.8. The molecule has 0 aromatic heterocycles. The highest BCUT2D eigenvalue weighted by atomic mass is 19.2. The zero-order chi connectivity index (χ0) is 32.7. The van der Waals surface area contributed by atoms with E-state index in [1.165, 1.54) is 14.2 Å². The average Bonchev–Trinajstić information content (AvgIpc) is 3.03. The quantitative estimate of drug-likeness (QED) is 0.175. The molecule has 14 heteroatoms. The van der Waals surface area contributed by atoms with E-state index in [2.05, 4.69) is 9.47 Å². The topological polar surface area (TPSA) is 77.4 Å². The van der Waals surface area contributed by atoms with Crippen LogP contribution in [0.15, 0.2) is 48.5 Å². The number of aliphatic hydroxyl groups is 2. The number of hydrogen-bond donors (Lipinski definition) is 2. The molecule has 0 bridgehead atoms. The van der Waals surface area contributed by atoms with Crippen molar-refractivity contribution in [1.29, 1.82) is 0 Å². The Morgan fingerprint density at radius 1 is 0.409 bits per heavy atom. The molecule has 2 unspecified atom stereocenters. The van der Waals surface area contributed by atoms with Gasteiger partial charge in [-0.3, -0.25) is 0 Å². The summed E-state index contributed by atoms with van der Waals surface area (Å²) in [7, 11) is 3.74. The third-order valence-corrected chi connectivity index (χ3v) is 7.12. The van der Waals surface area contributed by atoms with E-state index in [4.69, 9.17) is 9.47 Å². The lowest BCUT2D eigenvalue weighted by Crippen LogP contribution is -2.53. The van der Waals surface area contributed by atoms with Crippen LogP contribution in [0.1, 0.15) is 22.3 Å². The molecule has 0 saturated heterocycles. The zero-order valence-electron chi connectivity index (χ0n) is 23.2. The van der Waals surface area contributed by atoms with Crippen LogP contribution in [0.5, 0.6) is 23.0 Å². The molecule has 4 aromatic rings. The summed E-state index contributed by atoms with van der Waals surface area (Å²) < 4.78 is 143. The van der Waals surface area contributed by atoms with Crippen molar-refractivity contribution < 1.29 is 64.3 Å². The normalized spacial score (nSPS) is 14.0. The molecule has 0 aliphatic rings. The molecule has 234 valence electrons. The molecule has 0 heterocycles. The minimum atomic E-state index is -4.04. The van der Waals surface area contributed by atoms with Gasteiger partial charge in [0.25, 0.3) is 0 Å². The van der Waals surface area contributed by atoms with Crippen LogP contribution in [-0.4, -0.2) is 38.7 Å². The minimum Gasteiger partial charge on any atom is -0.497 e. The molecule has 0 radical (unpaired) electrons. The lowest BCUT2D eigenvalue weighted by atomic mass is 9.65. The van der Waals surface area contributed by atoms with E-state index in [0.29, 0.717) is 14.2 Å². The third-order valence-electron chi connectivity index (χ3n) is 7.12. The number of hydrogen-bond acceptors (Lipinski definition) is 6. The second-order valence-corrected chi connectivity index (χ2v) is 9.21. The predicted molar refractivity (Wildman–Crippen MR) is 138 cm³/mol. The number of methoxy groups -OCH3 is 4. The van der Waals surface area contributed by atoms with E-state index in [0.717, 1.165) is 48.5 Å². The highest BCUT2D eigenvalue weighted by Gasteiger charge is 2.61. The van der Waals surface area contributed by atoms with Crippen molar-refractivity contribution in [3.8, 4) is 23.0 Å². The summed E-state index contributed by atoms with van der Waals surface area (Å²) >= 11 is 0. The number of ether oxygens (including phenoxy) is 4. The van der Waals surface area contributed by atoms with Crippen LogP contribution in [-0.2, 0) is 11.2 Å². The van der Waals surface area contributed by atoms with Gasteiger partial charge >= 0.3 is 0 Å². The van der Waals surface area contributed by atoms with Gasteiger partial charge in [0.2, 0.25) is 23.3 Å². The molecule has 0 fully saturated rings. The summed E-state index contributed by atoms with van der Waals surface area (Å²) in [5.74, 6) is -21.5. The van der Waals surface area contributed by atoms with Crippen LogP contribution in [0, 0.1) is 46.5 Å². The lowest BCUT2D eigenvalue weighted by Gasteiger charge is -2.45. The second kappa shape index (κ2) is 11.8. The third kappa shape index (κ3) is 4.56. The Morgan fingerprint density at radius 3 is 0.864 bits per heavy atom. The fourth-order valence-corrected chi connectivity index (χ4v) is 4.95. The first-order valence-electron chi connectivity index (χ1n) is 12.3. The second-order valence-electron chi connectivity index (χ2n) is 9.21. The lowest BCUT2D eigenvalue weighted by molar-refractivity contribution is -0.121. The predicted octanol–water partition coefficient (Wildman–Crippen LogP) is 6.01. The Hall–Kier alpha value is -4.56. The molecular formula is C30H22F8O6. The van der Waals surface area contributed by atoms with Crippen LogP contribution in [0.3, 0.4) is 0 Å². The van der Waals surface area contributed by atoms with Gasteiger partial charge in [-0.2, -0.15) is 17.6 Å². The molecule has 0 amide bonds. The summed E-state index contributed by atoms with van der Waals surface area (Å²) in [5.41, 5.74) is -13.9. The Labute approximate surface area is 244 Å². The monoisotopic (exact) mass is 630 g/mol. The van der Waals surface area contributed by atoms with E-state index in [9.17, 15) is 10.2 Å². The molecule has 4 rings (SSSR count). The smallest absolute Gasteiger partial charge is 0.204 e. The maximum Gasteiger partial charge on any atom is 0.204 e. The van der Waals surface area contributed by atoms with E-state index < -0.39 is 91.5 Å². The summed E-state index contributed by atoms with van der Waals surface area (Å²) in [4.78, 5) is 0. The summed E-state index contributed by atoms with van der Waals surface area (Å²) in [5, 5.41) is 24.8. The fraction of sp³-hybridized carbons (Fsp3) is 0.200. The van der Waals surface area contributed by atoms with Gasteiger partial charge in [-0.1, -0.05) is 24.3 Å². The largest absolute Gasteiger partial charge is 0.497 e. The first-order valence-corrected chi connectivity index (χ1v) is 12.3. The first kappa shape index (κ1) is 32.4. The van der Waals surface area contributed by atoms with Crippen molar-refractivity contribution in [3.63, 3.8) is 0 Å². The molecule has 0 aliphatic carbocycles. The van der Waals surface area contributed by atoms with Crippen LogP contribution >= 0.6 is 0 Å². The van der Waals surface area contributed by atoms with Crippen molar-refractivity contribution in [2.45, 2.75) is 11.2 Å². The minimum absolute atomic E-state index is 0.0380. The number of halogens is 8. The van der Waals surface area contributed by atoms with Gasteiger partial charge in [0.05, 0.1) is 39.6 Å². The molecular weight excluding hydrogens is 608 g/mol. The van der Waals surface area contributed by atoms with Crippen LogP contribution in [0.4, 0.5) is 35.1 Å². The Morgan fingerprint density at radius 2 is 0.659 bits per heavy atom. The molecule has 6 nitrogen and oxygen atoms in total. The van der Waals surface area contributed by atoms with E-state index >= 15 is 35.1 Å².